The molecule has 1 aliphatic rings. The Morgan fingerprint density at radius 2 is 2.40 bits per heavy atom. The quantitative estimate of drug-likeness (QED) is 0.740. The third-order valence-corrected chi connectivity index (χ3v) is 2.76. The number of rotatable bonds is 6. The lowest BCUT2D eigenvalue weighted by Crippen LogP contribution is -2.29. The normalized spacial score (nSPS) is 23.9. The Bertz CT molecular complexity index is 492. The molecule has 0 saturated carbocycles. The van der Waals surface area contributed by atoms with Crippen molar-refractivity contribution in [2.45, 2.75) is 32.7 Å². The van der Waals surface area contributed by atoms with E-state index in [1.54, 1.807) is 6.92 Å². The van der Waals surface area contributed by atoms with Crippen LogP contribution in [0.4, 0.5) is 5.82 Å². The van der Waals surface area contributed by atoms with Crippen molar-refractivity contribution < 1.29 is 18.9 Å². The molecular weight excluding hydrogens is 266 g/mol. The third kappa shape index (κ3) is 3.76. The predicted molar refractivity (Wildman–Crippen MR) is 69.8 cm³/mol. The number of aromatic nitrogens is 2. The summed E-state index contributed by atoms with van der Waals surface area (Å²) >= 11 is 0. The van der Waals surface area contributed by atoms with Gasteiger partial charge in [0.25, 0.3) is 0 Å². The summed E-state index contributed by atoms with van der Waals surface area (Å²) in [6.45, 7) is 4.74. The summed E-state index contributed by atoms with van der Waals surface area (Å²) in [5.74, 6) is 0.176. The largest absolute Gasteiger partial charge is 0.383 e. The minimum Gasteiger partial charge on any atom is -0.383 e. The zero-order valence-corrected chi connectivity index (χ0v) is 11.5. The second-order valence-corrected chi connectivity index (χ2v) is 4.25. The molecule has 1 aromatic rings. The van der Waals surface area contributed by atoms with Gasteiger partial charge in [0.05, 0.1) is 6.61 Å². The summed E-state index contributed by atoms with van der Waals surface area (Å²) in [7, 11) is 0. The average molecular weight is 285 g/mol. The van der Waals surface area contributed by atoms with E-state index in [-0.39, 0.29) is 25.3 Å². The first kappa shape index (κ1) is 14.9. The van der Waals surface area contributed by atoms with Crippen molar-refractivity contribution in [2.24, 2.45) is 0 Å². The minimum atomic E-state index is -0.535. The molecule has 8 heteroatoms. The van der Waals surface area contributed by atoms with Gasteiger partial charge in [0, 0.05) is 12.8 Å². The summed E-state index contributed by atoms with van der Waals surface area (Å²) in [5, 5.41) is 0. The van der Waals surface area contributed by atoms with Crippen molar-refractivity contribution in [1.29, 1.82) is 0 Å². The van der Waals surface area contributed by atoms with Crippen LogP contribution in [-0.2, 0) is 18.9 Å². The van der Waals surface area contributed by atoms with Gasteiger partial charge in [0.1, 0.15) is 12.4 Å². The van der Waals surface area contributed by atoms with Crippen LogP contribution in [0.5, 0.6) is 0 Å². The van der Waals surface area contributed by atoms with Crippen molar-refractivity contribution in [3.05, 3.63) is 22.7 Å². The predicted octanol–water partition coefficient (Wildman–Crippen LogP) is 0.0961. The molecule has 112 valence electrons. The molecular formula is C12H19N3O5. The molecule has 20 heavy (non-hydrogen) atoms. The first-order valence-corrected chi connectivity index (χ1v) is 6.45. The van der Waals surface area contributed by atoms with Gasteiger partial charge < -0.3 is 24.7 Å². The van der Waals surface area contributed by atoms with E-state index in [0.29, 0.717) is 6.61 Å². The molecule has 3 unspecified atom stereocenters. The minimum absolute atomic E-state index is 0.176. The number of nitrogens with zero attached hydrogens (tertiary/aromatic N) is 2. The molecule has 8 nitrogen and oxygen atoms in total. The van der Waals surface area contributed by atoms with Crippen LogP contribution < -0.4 is 11.4 Å². The molecule has 3 atom stereocenters. The topological polar surface area (TPSA) is 97.8 Å². The standard InChI is InChI=1S/C12H19N3O5/c1-3-17-8(2)18-7-11-19-6-10(20-11)15-5-4-9(13)14-12(15)16/h4-5,8,10-11H,3,6-7H2,1-2H3,(H2,13,14,16). The lowest BCUT2D eigenvalue weighted by atomic mass is 10.5. The van der Waals surface area contributed by atoms with Crippen LogP contribution in [0.2, 0.25) is 0 Å². The number of nitrogens with two attached hydrogens (primary N) is 1. The first-order chi connectivity index (χ1) is 9.60. The Hall–Kier alpha value is -1.48. The number of nitrogen functional groups attached to an aromatic ring is 1. The van der Waals surface area contributed by atoms with Crippen LogP contribution in [-0.4, -0.2) is 42.0 Å². The Morgan fingerprint density at radius 1 is 1.60 bits per heavy atom. The number of hydrogen-bond acceptors (Lipinski definition) is 7. The maximum absolute atomic E-state index is 11.7. The molecule has 2 rings (SSSR count). The van der Waals surface area contributed by atoms with Crippen molar-refractivity contribution >= 4 is 5.82 Å². The fourth-order valence-corrected chi connectivity index (χ4v) is 1.82. The molecule has 1 aliphatic heterocycles. The molecule has 0 amide bonds. The average Bonchev–Trinajstić information content (AvgIpc) is 2.85. The fraction of sp³-hybridized carbons (Fsp3) is 0.667. The molecule has 2 heterocycles. The van der Waals surface area contributed by atoms with Gasteiger partial charge in [-0.05, 0) is 19.9 Å². The highest BCUT2D eigenvalue weighted by molar-refractivity contribution is 5.23. The van der Waals surface area contributed by atoms with Crippen LogP contribution in [0.25, 0.3) is 0 Å². The van der Waals surface area contributed by atoms with E-state index in [0.717, 1.165) is 0 Å². The van der Waals surface area contributed by atoms with Gasteiger partial charge in [-0.2, -0.15) is 4.98 Å². The number of ether oxygens (including phenoxy) is 4. The van der Waals surface area contributed by atoms with Crippen LogP contribution in [0.15, 0.2) is 17.1 Å². The van der Waals surface area contributed by atoms with Crippen LogP contribution >= 0.6 is 0 Å². The lowest BCUT2D eigenvalue weighted by Gasteiger charge is -2.16. The summed E-state index contributed by atoms with van der Waals surface area (Å²) in [6.07, 6.45) is 0.149. The van der Waals surface area contributed by atoms with Crippen molar-refractivity contribution in [2.75, 3.05) is 25.6 Å². The maximum Gasteiger partial charge on any atom is 0.351 e. The van der Waals surface area contributed by atoms with Crippen molar-refractivity contribution in [3.63, 3.8) is 0 Å². The van der Waals surface area contributed by atoms with Crippen molar-refractivity contribution in [1.82, 2.24) is 9.55 Å². The highest BCUT2D eigenvalue weighted by Gasteiger charge is 2.28. The van der Waals surface area contributed by atoms with E-state index in [9.17, 15) is 4.79 Å². The summed E-state index contributed by atoms with van der Waals surface area (Å²) < 4.78 is 23.0. The molecule has 2 N–H and O–H groups in total. The molecule has 1 fully saturated rings. The van der Waals surface area contributed by atoms with Gasteiger partial charge in [0.15, 0.2) is 18.8 Å². The molecule has 0 aliphatic carbocycles. The zero-order chi connectivity index (χ0) is 14.5. The Balaban J connectivity index is 1.87. The van der Waals surface area contributed by atoms with E-state index in [1.807, 2.05) is 6.92 Å². The molecule has 0 radical (unpaired) electrons. The Morgan fingerprint density at radius 3 is 3.10 bits per heavy atom. The lowest BCUT2D eigenvalue weighted by molar-refractivity contribution is -0.183. The van der Waals surface area contributed by atoms with Gasteiger partial charge in [-0.3, -0.25) is 4.57 Å². The SMILES string of the molecule is CCOC(C)OCC1OCC(n2ccc(N)nc2=O)O1. The highest BCUT2D eigenvalue weighted by atomic mass is 16.8. The third-order valence-electron chi connectivity index (χ3n) is 2.76. The zero-order valence-electron chi connectivity index (χ0n) is 11.5. The summed E-state index contributed by atoms with van der Waals surface area (Å²) in [4.78, 5) is 15.3. The van der Waals surface area contributed by atoms with E-state index in [1.165, 1.54) is 16.8 Å². The van der Waals surface area contributed by atoms with Crippen LogP contribution in [0, 0.1) is 0 Å². The maximum atomic E-state index is 11.7. The number of anilines is 1. The van der Waals surface area contributed by atoms with Crippen molar-refractivity contribution in [3.8, 4) is 0 Å². The second-order valence-electron chi connectivity index (χ2n) is 4.25. The number of hydrogen-bond donors (Lipinski definition) is 1. The summed E-state index contributed by atoms with van der Waals surface area (Å²) in [5.41, 5.74) is 4.96. The van der Waals surface area contributed by atoms with Crippen LogP contribution in [0.3, 0.4) is 0 Å². The molecule has 0 aromatic carbocycles. The van der Waals surface area contributed by atoms with Crippen LogP contribution in [0.1, 0.15) is 20.1 Å². The molecule has 1 aromatic heterocycles. The summed E-state index contributed by atoms with van der Waals surface area (Å²) in [6, 6.07) is 1.53. The molecule has 0 spiro atoms. The Kier molecular flexibility index (Phi) is 5.07. The second kappa shape index (κ2) is 6.80. The van der Waals surface area contributed by atoms with Gasteiger partial charge in [0.2, 0.25) is 0 Å². The Labute approximate surface area is 116 Å². The molecule has 0 bridgehead atoms. The monoisotopic (exact) mass is 285 g/mol. The van der Waals surface area contributed by atoms with E-state index in [2.05, 4.69) is 4.98 Å². The first-order valence-electron chi connectivity index (χ1n) is 6.45. The fourth-order valence-electron chi connectivity index (χ4n) is 1.82. The van der Waals surface area contributed by atoms with E-state index in [4.69, 9.17) is 24.7 Å². The van der Waals surface area contributed by atoms with Gasteiger partial charge >= 0.3 is 5.69 Å². The van der Waals surface area contributed by atoms with Gasteiger partial charge in [-0.25, -0.2) is 4.79 Å². The smallest absolute Gasteiger partial charge is 0.351 e. The highest BCUT2D eigenvalue weighted by Crippen LogP contribution is 2.20. The van der Waals surface area contributed by atoms with Gasteiger partial charge in [-0.1, -0.05) is 0 Å². The van der Waals surface area contributed by atoms with Gasteiger partial charge in [-0.15, -0.1) is 0 Å². The molecule has 1 saturated heterocycles. The van der Waals surface area contributed by atoms with E-state index < -0.39 is 18.2 Å². The van der Waals surface area contributed by atoms with E-state index >= 15 is 0 Å².